The van der Waals surface area contributed by atoms with Crippen LogP contribution in [0.25, 0.3) is 0 Å². The minimum Gasteiger partial charge on any atom is -0.454 e. The van der Waals surface area contributed by atoms with Crippen molar-refractivity contribution in [2.24, 2.45) is 0 Å². The molecule has 8 unspecified atom stereocenters. The zero-order valence-electron chi connectivity index (χ0n) is 44.2. The summed E-state index contributed by atoms with van der Waals surface area (Å²) in [5.74, 6) is -1.22. The molecular weight excluding hydrogens is 871 g/mol. The lowest BCUT2D eigenvalue weighted by atomic mass is 9.99. The average Bonchev–Trinajstić information content (AvgIpc) is 3.34. The van der Waals surface area contributed by atoms with Crippen molar-refractivity contribution in [2.45, 2.75) is 294 Å². The Labute approximate surface area is 421 Å². The molecule has 0 aliphatic carbocycles. The molecule has 1 rings (SSSR count). The molecule has 0 spiro atoms. The van der Waals surface area contributed by atoms with E-state index in [9.17, 15) is 35.1 Å². The van der Waals surface area contributed by atoms with Gasteiger partial charge in [0.1, 0.15) is 24.4 Å². The van der Waals surface area contributed by atoms with Crippen molar-refractivity contribution >= 4 is 11.9 Å². The van der Waals surface area contributed by atoms with Gasteiger partial charge >= 0.3 is 5.97 Å². The third-order valence-electron chi connectivity index (χ3n) is 13.2. The van der Waals surface area contributed by atoms with E-state index in [0.717, 1.165) is 83.5 Å². The highest BCUT2D eigenvalue weighted by atomic mass is 16.7. The van der Waals surface area contributed by atoms with Gasteiger partial charge in [0.2, 0.25) is 5.91 Å². The van der Waals surface area contributed by atoms with Gasteiger partial charge in [0.25, 0.3) is 0 Å². The van der Waals surface area contributed by atoms with Gasteiger partial charge in [0.15, 0.2) is 12.4 Å². The summed E-state index contributed by atoms with van der Waals surface area (Å²) < 4.78 is 17.5. The van der Waals surface area contributed by atoms with Crippen LogP contribution in [-0.4, -0.2) is 99.6 Å². The Kier molecular flexibility index (Phi) is 43.7. The maximum absolute atomic E-state index is 13.4. The molecule has 0 aromatic rings. The number of nitrogens with one attached hydrogen (secondary N) is 1. The van der Waals surface area contributed by atoms with Gasteiger partial charge in [0, 0.05) is 6.42 Å². The first-order valence-corrected chi connectivity index (χ1v) is 28.4. The minimum absolute atomic E-state index is 0.102. The summed E-state index contributed by atoms with van der Waals surface area (Å²) in [5, 5.41) is 56.7. The van der Waals surface area contributed by atoms with Crippen LogP contribution in [0.5, 0.6) is 0 Å². The van der Waals surface area contributed by atoms with Gasteiger partial charge in [0.05, 0.1) is 25.4 Å². The fraction of sp³-hybridized carbons (Fsp3) is 0.828. The van der Waals surface area contributed by atoms with E-state index in [4.69, 9.17) is 14.2 Å². The fourth-order valence-electron chi connectivity index (χ4n) is 8.64. The summed E-state index contributed by atoms with van der Waals surface area (Å²) in [6.07, 6.45) is 44.4. The number of allylic oxidation sites excluding steroid dienone is 7. The predicted octanol–water partition coefficient (Wildman–Crippen LogP) is 12.5. The van der Waals surface area contributed by atoms with Crippen molar-refractivity contribution in [3.8, 4) is 0 Å². The molecule has 11 nitrogen and oxygen atoms in total. The Morgan fingerprint density at radius 3 is 1.52 bits per heavy atom. The number of aliphatic hydroxyl groups is 5. The maximum atomic E-state index is 13.4. The Morgan fingerprint density at radius 2 is 1.00 bits per heavy atom. The zero-order valence-corrected chi connectivity index (χ0v) is 44.2. The lowest BCUT2D eigenvalue weighted by Crippen LogP contribution is -2.61. The number of hydrogen-bond donors (Lipinski definition) is 6. The molecule has 0 aromatic heterocycles. The number of aliphatic hydroxyl groups excluding tert-OH is 5. The van der Waals surface area contributed by atoms with Crippen LogP contribution in [0, 0.1) is 0 Å². The van der Waals surface area contributed by atoms with Gasteiger partial charge in [-0.3, -0.25) is 9.59 Å². The summed E-state index contributed by atoms with van der Waals surface area (Å²) in [6.45, 7) is 5.72. The van der Waals surface area contributed by atoms with Crippen molar-refractivity contribution in [3.05, 3.63) is 48.6 Å². The molecule has 8 atom stereocenters. The van der Waals surface area contributed by atoms with E-state index < -0.39 is 67.4 Å². The molecule has 0 radical (unpaired) electrons. The van der Waals surface area contributed by atoms with Crippen LogP contribution in [0.3, 0.4) is 0 Å². The van der Waals surface area contributed by atoms with Gasteiger partial charge in [-0.25, -0.2) is 0 Å². The molecular formula is C58H105NO10. The van der Waals surface area contributed by atoms with Gasteiger partial charge in [-0.15, -0.1) is 0 Å². The van der Waals surface area contributed by atoms with Crippen molar-refractivity contribution in [2.75, 3.05) is 13.2 Å². The third-order valence-corrected chi connectivity index (χ3v) is 13.2. The Hall–Kier alpha value is -2.38. The summed E-state index contributed by atoms with van der Waals surface area (Å²) in [5.41, 5.74) is 0. The predicted molar refractivity (Wildman–Crippen MR) is 283 cm³/mol. The van der Waals surface area contributed by atoms with Gasteiger partial charge in [-0.2, -0.15) is 0 Å². The molecule has 1 aliphatic rings. The lowest BCUT2D eigenvalue weighted by molar-refractivity contribution is -0.305. The average molecular weight is 976 g/mol. The standard InChI is InChI=1S/C58H105NO10/c1-4-7-10-13-16-19-22-25-28-30-33-36-39-42-45-51(62)57(66)59-49(50(61)44-41-38-35-32-29-26-23-20-17-14-11-8-5-2)48-67-58-56(55(65)54(64)52(47-60)68-58)69-53(63)46-43-40-37-34-31-27-24-21-18-15-12-9-6-3/h16,19,22,25,27,31,41,44,49-52,54-56,58,60-62,64-65H,4-15,17-18,20-21,23-24,26,28-30,32-40,42-43,45-48H2,1-3H3,(H,59,66)/b19-16+,25-22+,31-27-,44-41+. The monoisotopic (exact) mass is 976 g/mol. The maximum Gasteiger partial charge on any atom is 0.306 e. The highest BCUT2D eigenvalue weighted by Crippen LogP contribution is 2.26. The molecule has 6 N–H and O–H groups in total. The molecule has 0 saturated carbocycles. The van der Waals surface area contributed by atoms with Crippen LogP contribution in [0.2, 0.25) is 0 Å². The first kappa shape index (κ1) is 64.6. The molecule has 11 heteroatoms. The fourth-order valence-corrected chi connectivity index (χ4v) is 8.64. The largest absolute Gasteiger partial charge is 0.454 e. The summed E-state index contributed by atoms with van der Waals surface area (Å²) in [7, 11) is 0. The number of carbonyl (C=O) groups is 2. The van der Waals surface area contributed by atoms with E-state index in [1.165, 1.54) is 116 Å². The quantitative estimate of drug-likeness (QED) is 0.0149. The number of unbranched alkanes of at least 4 members (excludes halogenated alkanes) is 28. The highest BCUT2D eigenvalue weighted by molar-refractivity contribution is 5.80. The first-order chi connectivity index (χ1) is 33.7. The molecule has 1 heterocycles. The van der Waals surface area contributed by atoms with Crippen LogP contribution in [-0.2, 0) is 23.8 Å². The van der Waals surface area contributed by atoms with Gasteiger partial charge in [-0.05, 0) is 77.0 Å². The second kappa shape index (κ2) is 46.7. The molecule has 0 aromatic carbocycles. The second-order valence-electron chi connectivity index (χ2n) is 19.7. The summed E-state index contributed by atoms with van der Waals surface area (Å²) in [6, 6.07) is -1.03. The van der Waals surface area contributed by atoms with Gasteiger partial charge in [-0.1, -0.05) is 211 Å². The lowest BCUT2D eigenvalue weighted by Gasteiger charge is -2.41. The van der Waals surface area contributed by atoms with E-state index in [2.05, 4.69) is 62.5 Å². The Bertz CT molecular complexity index is 1300. The summed E-state index contributed by atoms with van der Waals surface area (Å²) >= 11 is 0. The number of rotatable bonds is 47. The Balaban J connectivity index is 2.78. The number of esters is 1. The van der Waals surface area contributed by atoms with Gasteiger partial charge < -0.3 is 45.1 Å². The van der Waals surface area contributed by atoms with Crippen LogP contribution < -0.4 is 5.32 Å². The zero-order chi connectivity index (χ0) is 50.4. The van der Waals surface area contributed by atoms with Crippen molar-refractivity contribution in [1.29, 1.82) is 0 Å². The minimum atomic E-state index is -1.62. The van der Waals surface area contributed by atoms with Crippen LogP contribution in [0.4, 0.5) is 0 Å². The van der Waals surface area contributed by atoms with Crippen LogP contribution in [0.1, 0.15) is 245 Å². The SMILES string of the molecule is CCCCC/C=C/C=C/CCCCCCCC(O)C(=O)NC(COC1OC(CO)C(O)C(O)C1OC(=O)CCCCC/C=C\CCCCCCCC)C(O)/C=C/CCCCCCCCCCCCC. The van der Waals surface area contributed by atoms with E-state index in [-0.39, 0.29) is 19.4 Å². The number of amides is 1. The second-order valence-corrected chi connectivity index (χ2v) is 19.7. The summed E-state index contributed by atoms with van der Waals surface area (Å²) in [4.78, 5) is 26.4. The molecule has 1 saturated heterocycles. The smallest absolute Gasteiger partial charge is 0.306 e. The van der Waals surface area contributed by atoms with E-state index >= 15 is 0 Å². The number of carbonyl (C=O) groups excluding carboxylic acids is 2. The van der Waals surface area contributed by atoms with E-state index in [0.29, 0.717) is 12.8 Å². The molecule has 0 bridgehead atoms. The molecule has 1 aliphatic heterocycles. The van der Waals surface area contributed by atoms with E-state index in [1.807, 2.05) is 6.08 Å². The molecule has 1 amide bonds. The first-order valence-electron chi connectivity index (χ1n) is 28.4. The van der Waals surface area contributed by atoms with E-state index in [1.54, 1.807) is 6.08 Å². The van der Waals surface area contributed by atoms with Crippen molar-refractivity contribution in [1.82, 2.24) is 5.32 Å². The molecule has 1 fully saturated rings. The number of ether oxygens (including phenoxy) is 3. The molecule has 402 valence electrons. The topological polar surface area (TPSA) is 175 Å². The van der Waals surface area contributed by atoms with Crippen LogP contribution in [0.15, 0.2) is 48.6 Å². The number of hydrogen-bond acceptors (Lipinski definition) is 10. The Morgan fingerprint density at radius 1 is 0.565 bits per heavy atom. The van der Waals surface area contributed by atoms with Crippen LogP contribution >= 0.6 is 0 Å². The normalized spacial score (nSPS) is 20.1. The van der Waals surface area contributed by atoms with Crippen molar-refractivity contribution in [3.63, 3.8) is 0 Å². The van der Waals surface area contributed by atoms with Crippen molar-refractivity contribution < 1.29 is 49.3 Å². The third kappa shape index (κ3) is 35.4. The highest BCUT2D eigenvalue weighted by Gasteiger charge is 2.47. The molecule has 69 heavy (non-hydrogen) atoms.